The van der Waals surface area contributed by atoms with E-state index in [9.17, 15) is 4.79 Å². The van der Waals surface area contributed by atoms with Crippen LogP contribution >= 0.6 is 11.6 Å². The number of fused-ring (bicyclic) bond motifs is 1. The molecule has 0 saturated carbocycles. The number of nitrogens with one attached hydrogen (secondary N) is 1. The van der Waals surface area contributed by atoms with Crippen LogP contribution in [0.3, 0.4) is 0 Å². The SMILES string of the molecule is COc1ccc2nc(C(=O)N3CCC(C)CC3)cc(Nc3ccc(OC)c(Cl)c3)c2c1. The molecule has 1 aliphatic heterocycles. The van der Waals surface area contributed by atoms with Crippen molar-refractivity contribution in [1.29, 1.82) is 0 Å². The molecule has 31 heavy (non-hydrogen) atoms. The molecule has 2 aromatic carbocycles. The van der Waals surface area contributed by atoms with E-state index in [1.807, 2.05) is 29.2 Å². The molecule has 0 aliphatic carbocycles. The van der Waals surface area contributed by atoms with Gasteiger partial charge in [-0.05, 0) is 61.2 Å². The van der Waals surface area contributed by atoms with Crippen molar-refractivity contribution in [3.63, 3.8) is 0 Å². The minimum absolute atomic E-state index is 0.0413. The largest absolute Gasteiger partial charge is 0.497 e. The lowest BCUT2D eigenvalue weighted by Gasteiger charge is -2.30. The molecule has 1 N–H and O–H groups in total. The van der Waals surface area contributed by atoms with Gasteiger partial charge in [0.25, 0.3) is 5.91 Å². The van der Waals surface area contributed by atoms with E-state index in [0.717, 1.165) is 48.2 Å². The van der Waals surface area contributed by atoms with Crippen molar-refractivity contribution in [3.05, 3.63) is 53.2 Å². The Morgan fingerprint density at radius 3 is 2.55 bits per heavy atom. The summed E-state index contributed by atoms with van der Waals surface area (Å²) < 4.78 is 10.6. The zero-order chi connectivity index (χ0) is 22.0. The van der Waals surface area contributed by atoms with E-state index in [4.69, 9.17) is 21.1 Å². The molecule has 0 spiro atoms. The Morgan fingerprint density at radius 2 is 1.87 bits per heavy atom. The van der Waals surface area contributed by atoms with Crippen LogP contribution in [0.4, 0.5) is 11.4 Å². The van der Waals surface area contributed by atoms with E-state index >= 15 is 0 Å². The summed E-state index contributed by atoms with van der Waals surface area (Å²) >= 11 is 6.30. The van der Waals surface area contributed by atoms with Gasteiger partial charge in [-0.2, -0.15) is 0 Å². The summed E-state index contributed by atoms with van der Waals surface area (Å²) in [7, 11) is 3.20. The number of carbonyl (C=O) groups excluding carboxylic acids is 1. The van der Waals surface area contributed by atoms with Crippen LogP contribution in [-0.4, -0.2) is 43.1 Å². The Balaban J connectivity index is 1.74. The van der Waals surface area contributed by atoms with E-state index in [1.54, 1.807) is 32.4 Å². The fraction of sp³-hybridized carbons (Fsp3) is 0.333. The summed E-state index contributed by atoms with van der Waals surface area (Å²) in [5.41, 5.74) is 2.69. The molecule has 1 amide bonds. The molecule has 0 unspecified atom stereocenters. The number of aromatic nitrogens is 1. The zero-order valence-electron chi connectivity index (χ0n) is 17.9. The summed E-state index contributed by atoms with van der Waals surface area (Å²) in [6.07, 6.45) is 2.04. The number of benzene rings is 2. The van der Waals surface area contributed by atoms with Crippen molar-refractivity contribution < 1.29 is 14.3 Å². The number of piperidine rings is 1. The Hall–Kier alpha value is -2.99. The van der Waals surface area contributed by atoms with Crippen LogP contribution in [-0.2, 0) is 0 Å². The minimum Gasteiger partial charge on any atom is -0.497 e. The fourth-order valence-corrected chi connectivity index (χ4v) is 4.08. The molecule has 6 nitrogen and oxygen atoms in total. The minimum atomic E-state index is -0.0413. The second-order valence-electron chi connectivity index (χ2n) is 7.89. The molecular formula is C24H26ClN3O3. The average molecular weight is 440 g/mol. The van der Waals surface area contributed by atoms with Crippen LogP contribution in [0.5, 0.6) is 11.5 Å². The van der Waals surface area contributed by atoms with Gasteiger partial charge < -0.3 is 19.7 Å². The van der Waals surface area contributed by atoms with Crippen LogP contribution in [0.2, 0.25) is 5.02 Å². The third kappa shape index (κ3) is 4.54. The number of likely N-dealkylation sites (tertiary alicyclic amines) is 1. The number of methoxy groups -OCH3 is 2. The van der Waals surface area contributed by atoms with Gasteiger partial charge in [-0.1, -0.05) is 18.5 Å². The first-order chi connectivity index (χ1) is 15.0. The maximum absolute atomic E-state index is 13.2. The molecule has 0 bridgehead atoms. The highest BCUT2D eigenvalue weighted by molar-refractivity contribution is 6.32. The van der Waals surface area contributed by atoms with Crippen molar-refractivity contribution in [2.24, 2.45) is 5.92 Å². The molecule has 0 atom stereocenters. The van der Waals surface area contributed by atoms with Gasteiger partial charge in [0, 0.05) is 24.2 Å². The van der Waals surface area contributed by atoms with Crippen molar-refractivity contribution in [2.75, 3.05) is 32.6 Å². The first kappa shape index (κ1) is 21.2. The maximum Gasteiger partial charge on any atom is 0.272 e. The Labute approximate surface area is 187 Å². The van der Waals surface area contributed by atoms with Gasteiger partial charge in [-0.25, -0.2) is 4.98 Å². The molecule has 1 fully saturated rings. The standard InChI is InChI=1S/C24H26ClN3O3/c1-15-8-10-28(11-9-15)24(29)22-14-21(18-13-17(30-2)5-6-20(18)27-22)26-16-4-7-23(31-3)19(25)12-16/h4-7,12-15H,8-11H2,1-3H3,(H,26,27). The summed E-state index contributed by atoms with van der Waals surface area (Å²) in [4.78, 5) is 19.7. The molecule has 2 heterocycles. The van der Waals surface area contributed by atoms with Gasteiger partial charge in [-0.3, -0.25) is 4.79 Å². The summed E-state index contributed by atoms with van der Waals surface area (Å²) in [5, 5.41) is 4.75. The lowest BCUT2D eigenvalue weighted by molar-refractivity contribution is 0.0691. The topological polar surface area (TPSA) is 63.7 Å². The van der Waals surface area contributed by atoms with Crippen molar-refractivity contribution >= 4 is 39.8 Å². The predicted octanol–water partition coefficient (Wildman–Crippen LogP) is 5.52. The molecule has 7 heteroatoms. The maximum atomic E-state index is 13.2. The number of hydrogen-bond acceptors (Lipinski definition) is 5. The van der Waals surface area contributed by atoms with Crippen molar-refractivity contribution in [3.8, 4) is 11.5 Å². The summed E-state index contributed by atoms with van der Waals surface area (Å²) in [5.74, 6) is 1.93. The van der Waals surface area contributed by atoms with E-state index in [-0.39, 0.29) is 5.91 Å². The van der Waals surface area contributed by atoms with Gasteiger partial charge in [0.2, 0.25) is 0 Å². The zero-order valence-corrected chi connectivity index (χ0v) is 18.7. The van der Waals surface area contributed by atoms with Gasteiger partial charge in [-0.15, -0.1) is 0 Å². The quantitative estimate of drug-likeness (QED) is 0.567. The first-order valence-electron chi connectivity index (χ1n) is 10.4. The summed E-state index contributed by atoms with van der Waals surface area (Å²) in [6.45, 7) is 3.75. The van der Waals surface area contributed by atoms with Crippen molar-refractivity contribution in [1.82, 2.24) is 9.88 Å². The Bertz CT molecular complexity index is 1110. The highest BCUT2D eigenvalue weighted by Gasteiger charge is 2.23. The van der Waals surface area contributed by atoms with E-state index in [2.05, 4.69) is 17.2 Å². The molecule has 1 saturated heterocycles. The number of rotatable bonds is 5. The molecule has 0 radical (unpaired) electrons. The number of carbonyl (C=O) groups is 1. The van der Waals surface area contributed by atoms with E-state index in [1.165, 1.54) is 0 Å². The number of nitrogens with zero attached hydrogens (tertiary/aromatic N) is 2. The number of ether oxygens (including phenoxy) is 2. The Morgan fingerprint density at radius 1 is 1.10 bits per heavy atom. The number of amides is 1. The number of anilines is 2. The third-order valence-electron chi connectivity index (χ3n) is 5.74. The lowest BCUT2D eigenvalue weighted by atomic mass is 9.99. The highest BCUT2D eigenvalue weighted by atomic mass is 35.5. The predicted molar refractivity (Wildman–Crippen MR) is 124 cm³/mol. The monoisotopic (exact) mass is 439 g/mol. The average Bonchev–Trinajstić information content (AvgIpc) is 2.79. The third-order valence-corrected chi connectivity index (χ3v) is 6.03. The van der Waals surface area contributed by atoms with Gasteiger partial charge in [0.1, 0.15) is 17.2 Å². The van der Waals surface area contributed by atoms with Crippen LogP contribution in [0, 0.1) is 5.92 Å². The molecule has 162 valence electrons. The molecule has 4 rings (SSSR count). The molecular weight excluding hydrogens is 414 g/mol. The molecule has 1 aromatic heterocycles. The van der Waals surface area contributed by atoms with E-state index in [0.29, 0.717) is 28.1 Å². The summed E-state index contributed by atoms with van der Waals surface area (Å²) in [6, 6.07) is 12.9. The second-order valence-corrected chi connectivity index (χ2v) is 8.29. The fourth-order valence-electron chi connectivity index (χ4n) is 3.82. The van der Waals surface area contributed by atoms with Gasteiger partial charge >= 0.3 is 0 Å². The normalized spacial score (nSPS) is 14.5. The smallest absolute Gasteiger partial charge is 0.272 e. The van der Waals surface area contributed by atoms with Crippen LogP contribution in [0.15, 0.2) is 42.5 Å². The van der Waals surface area contributed by atoms with Crippen molar-refractivity contribution in [2.45, 2.75) is 19.8 Å². The number of halogens is 1. The van der Waals surface area contributed by atoms with Gasteiger partial charge in [0.05, 0.1) is 30.4 Å². The molecule has 3 aromatic rings. The molecule has 1 aliphatic rings. The van der Waals surface area contributed by atoms with Crippen LogP contribution in [0.25, 0.3) is 10.9 Å². The van der Waals surface area contributed by atoms with Crippen LogP contribution < -0.4 is 14.8 Å². The number of pyridine rings is 1. The Kier molecular flexibility index (Phi) is 6.18. The lowest BCUT2D eigenvalue weighted by Crippen LogP contribution is -2.38. The second kappa shape index (κ2) is 9.02. The first-order valence-corrected chi connectivity index (χ1v) is 10.7. The highest BCUT2D eigenvalue weighted by Crippen LogP contribution is 2.33. The number of hydrogen-bond donors (Lipinski definition) is 1. The van der Waals surface area contributed by atoms with E-state index < -0.39 is 0 Å². The van der Waals surface area contributed by atoms with Gasteiger partial charge in [0.15, 0.2) is 0 Å². The van der Waals surface area contributed by atoms with Crippen LogP contribution in [0.1, 0.15) is 30.3 Å².